The summed E-state index contributed by atoms with van der Waals surface area (Å²) in [7, 11) is 0. The summed E-state index contributed by atoms with van der Waals surface area (Å²) in [6.45, 7) is 7.22. The molecule has 8 heteroatoms. The second kappa shape index (κ2) is 7.61. The van der Waals surface area contributed by atoms with E-state index < -0.39 is 0 Å². The Labute approximate surface area is 164 Å². The van der Waals surface area contributed by atoms with E-state index in [9.17, 15) is 9.18 Å². The van der Waals surface area contributed by atoms with E-state index in [0.29, 0.717) is 11.5 Å². The summed E-state index contributed by atoms with van der Waals surface area (Å²) in [5, 5.41) is 6.30. The molecule has 2 aliphatic rings. The van der Waals surface area contributed by atoms with Gasteiger partial charge in [0, 0.05) is 31.9 Å². The van der Waals surface area contributed by atoms with Gasteiger partial charge in [0.15, 0.2) is 11.6 Å². The number of halogens is 1. The van der Waals surface area contributed by atoms with Crippen molar-refractivity contribution in [3.63, 3.8) is 0 Å². The molecule has 1 saturated heterocycles. The van der Waals surface area contributed by atoms with Gasteiger partial charge in [-0.3, -0.25) is 4.79 Å². The van der Waals surface area contributed by atoms with Crippen molar-refractivity contribution in [2.75, 3.05) is 46.6 Å². The number of anilines is 4. The minimum absolute atomic E-state index is 0.0390. The lowest BCUT2D eigenvalue weighted by atomic mass is 9.97. The number of carbonyl (C=O) groups is 1. The van der Waals surface area contributed by atoms with Crippen molar-refractivity contribution in [1.29, 1.82) is 0 Å². The Balaban J connectivity index is 1.49. The normalized spacial score (nSPS) is 20.2. The molecule has 0 bridgehead atoms. The average molecular weight is 384 g/mol. The Hall–Kier alpha value is -2.90. The number of carbonyl (C=O) groups excluding carboxylic acids is 1. The number of aromatic nitrogens is 2. The maximum Gasteiger partial charge on any atom is 0.247 e. The van der Waals surface area contributed by atoms with Crippen LogP contribution in [0.25, 0.3) is 0 Å². The van der Waals surface area contributed by atoms with Gasteiger partial charge in [-0.25, -0.2) is 14.4 Å². The summed E-state index contributed by atoms with van der Waals surface area (Å²) in [5.41, 5.74) is 1.67. The first-order valence-electron chi connectivity index (χ1n) is 9.74. The van der Waals surface area contributed by atoms with Crippen LogP contribution in [0.2, 0.25) is 0 Å². The molecule has 0 spiro atoms. The molecule has 2 atom stereocenters. The number of piperazine rings is 1. The lowest BCUT2D eigenvalue weighted by molar-refractivity contribution is -0.118. The molecule has 0 radical (unpaired) electrons. The molecule has 28 heavy (non-hydrogen) atoms. The molecule has 2 N–H and O–H groups in total. The summed E-state index contributed by atoms with van der Waals surface area (Å²) < 4.78 is 13.1. The van der Waals surface area contributed by atoms with Crippen LogP contribution < -0.4 is 20.4 Å². The molecule has 2 unspecified atom stereocenters. The van der Waals surface area contributed by atoms with E-state index in [1.807, 2.05) is 0 Å². The monoisotopic (exact) mass is 384 g/mol. The standard InChI is InChI=1S/C20H25FN6O/c1-3-13(2)16-20(28)25-17-18(24-16)22-12-23-19(17)27-10-8-26(9-11-27)15-6-4-14(21)5-7-15/h4-7,12-13,16H,3,8-11H2,1-2H3,(H,25,28)(H,22,23,24). The fraction of sp³-hybridized carbons (Fsp3) is 0.450. The number of rotatable bonds is 4. The smallest absolute Gasteiger partial charge is 0.247 e. The second-order valence-corrected chi connectivity index (χ2v) is 7.37. The topological polar surface area (TPSA) is 73.4 Å². The van der Waals surface area contributed by atoms with Crippen LogP contribution in [0.3, 0.4) is 0 Å². The van der Waals surface area contributed by atoms with Gasteiger partial charge in [0.25, 0.3) is 0 Å². The molecule has 148 valence electrons. The highest BCUT2D eigenvalue weighted by atomic mass is 19.1. The molecule has 3 heterocycles. The number of nitrogens with one attached hydrogen (secondary N) is 2. The van der Waals surface area contributed by atoms with Gasteiger partial charge in [0.1, 0.15) is 23.9 Å². The Morgan fingerprint density at radius 1 is 1.14 bits per heavy atom. The minimum atomic E-state index is -0.282. The molecule has 1 fully saturated rings. The largest absolute Gasteiger partial charge is 0.368 e. The van der Waals surface area contributed by atoms with Gasteiger partial charge < -0.3 is 20.4 Å². The molecular weight excluding hydrogens is 359 g/mol. The Bertz CT molecular complexity index is 850. The van der Waals surface area contributed by atoms with Crippen molar-refractivity contribution in [2.45, 2.75) is 26.3 Å². The molecule has 0 saturated carbocycles. The van der Waals surface area contributed by atoms with E-state index in [4.69, 9.17) is 0 Å². The highest BCUT2D eigenvalue weighted by Crippen LogP contribution is 2.35. The molecule has 1 aromatic carbocycles. The third-order valence-electron chi connectivity index (χ3n) is 5.63. The Morgan fingerprint density at radius 2 is 1.82 bits per heavy atom. The first kappa shape index (κ1) is 18.5. The fourth-order valence-corrected chi connectivity index (χ4v) is 3.72. The molecule has 1 aromatic heterocycles. The van der Waals surface area contributed by atoms with Crippen molar-refractivity contribution >= 4 is 28.9 Å². The number of benzene rings is 1. The summed E-state index contributed by atoms with van der Waals surface area (Å²) in [6.07, 6.45) is 2.45. The number of fused-ring (bicyclic) bond motifs is 1. The van der Waals surface area contributed by atoms with Gasteiger partial charge in [-0.2, -0.15) is 0 Å². The van der Waals surface area contributed by atoms with Gasteiger partial charge in [0.05, 0.1) is 0 Å². The van der Waals surface area contributed by atoms with Crippen molar-refractivity contribution in [2.24, 2.45) is 5.92 Å². The van der Waals surface area contributed by atoms with Crippen molar-refractivity contribution < 1.29 is 9.18 Å². The highest BCUT2D eigenvalue weighted by molar-refractivity contribution is 6.05. The molecule has 2 aromatic rings. The fourth-order valence-electron chi connectivity index (χ4n) is 3.72. The van der Waals surface area contributed by atoms with Gasteiger partial charge in [-0.15, -0.1) is 0 Å². The highest BCUT2D eigenvalue weighted by Gasteiger charge is 2.33. The maximum atomic E-state index is 13.1. The molecule has 7 nitrogen and oxygen atoms in total. The van der Waals surface area contributed by atoms with Crippen LogP contribution in [-0.2, 0) is 4.79 Å². The average Bonchev–Trinajstić information content (AvgIpc) is 2.73. The van der Waals surface area contributed by atoms with E-state index in [1.54, 1.807) is 18.5 Å². The Morgan fingerprint density at radius 3 is 2.50 bits per heavy atom. The quantitative estimate of drug-likeness (QED) is 0.845. The zero-order chi connectivity index (χ0) is 19.7. The van der Waals surface area contributed by atoms with E-state index in [0.717, 1.165) is 44.1 Å². The minimum Gasteiger partial charge on any atom is -0.368 e. The molecular formula is C20H25FN6O. The van der Waals surface area contributed by atoms with Crippen LogP contribution in [0.4, 0.5) is 27.4 Å². The maximum absolute atomic E-state index is 13.1. The number of amides is 1. The summed E-state index contributed by atoms with van der Waals surface area (Å²) >= 11 is 0. The first-order chi connectivity index (χ1) is 13.6. The van der Waals surface area contributed by atoms with Crippen LogP contribution in [0.15, 0.2) is 30.6 Å². The molecule has 4 rings (SSSR count). The summed E-state index contributed by atoms with van der Waals surface area (Å²) in [5.74, 6) is 1.37. The molecule has 1 amide bonds. The number of hydrogen-bond donors (Lipinski definition) is 2. The lowest BCUT2D eigenvalue weighted by Crippen LogP contribution is -2.48. The molecule has 0 aliphatic carbocycles. The van der Waals surface area contributed by atoms with Crippen molar-refractivity contribution in [3.8, 4) is 0 Å². The van der Waals surface area contributed by atoms with Crippen molar-refractivity contribution in [3.05, 3.63) is 36.4 Å². The number of hydrogen-bond acceptors (Lipinski definition) is 6. The third-order valence-corrected chi connectivity index (χ3v) is 5.63. The van der Waals surface area contributed by atoms with Gasteiger partial charge in [0.2, 0.25) is 5.91 Å². The van der Waals surface area contributed by atoms with Gasteiger partial charge in [-0.1, -0.05) is 20.3 Å². The predicted molar refractivity (Wildman–Crippen MR) is 108 cm³/mol. The first-order valence-corrected chi connectivity index (χ1v) is 9.74. The van der Waals surface area contributed by atoms with Crippen LogP contribution in [0.5, 0.6) is 0 Å². The second-order valence-electron chi connectivity index (χ2n) is 7.37. The Kier molecular flexibility index (Phi) is 5.02. The van der Waals surface area contributed by atoms with Crippen LogP contribution in [0, 0.1) is 11.7 Å². The zero-order valence-electron chi connectivity index (χ0n) is 16.2. The van der Waals surface area contributed by atoms with Crippen molar-refractivity contribution in [1.82, 2.24) is 9.97 Å². The van der Waals surface area contributed by atoms with Crippen LogP contribution in [0.1, 0.15) is 20.3 Å². The van der Waals surface area contributed by atoms with E-state index in [1.165, 1.54) is 12.1 Å². The van der Waals surface area contributed by atoms with Crippen LogP contribution in [-0.4, -0.2) is 48.1 Å². The number of nitrogens with zero attached hydrogens (tertiary/aromatic N) is 4. The molecule has 2 aliphatic heterocycles. The SMILES string of the molecule is CCC(C)C1Nc2ncnc(N3CCN(c4ccc(F)cc4)CC3)c2NC1=O. The van der Waals surface area contributed by atoms with Gasteiger partial charge >= 0.3 is 0 Å². The van der Waals surface area contributed by atoms with Crippen LogP contribution >= 0.6 is 0 Å². The predicted octanol–water partition coefficient (Wildman–Crippen LogP) is 2.72. The third kappa shape index (κ3) is 3.46. The van der Waals surface area contributed by atoms with E-state index in [-0.39, 0.29) is 23.7 Å². The zero-order valence-corrected chi connectivity index (χ0v) is 16.2. The lowest BCUT2D eigenvalue weighted by Gasteiger charge is -2.38. The van der Waals surface area contributed by atoms with E-state index >= 15 is 0 Å². The summed E-state index contributed by atoms with van der Waals surface area (Å²) in [6, 6.07) is 6.29. The van der Waals surface area contributed by atoms with E-state index in [2.05, 4.69) is 44.2 Å². The van der Waals surface area contributed by atoms with Gasteiger partial charge in [-0.05, 0) is 30.2 Å². The summed E-state index contributed by atoms with van der Waals surface area (Å²) in [4.78, 5) is 25.7.